The summed E-state index contributed by atoms with van der Waals surface area (Å²) in [6.45, 7) is 10.9. The number of fused-ring (bicyclic) bond motifs is 2. The standard InChI is InChI=1S/C37H38N8O2/c1-6-43(7-2)22-19-31-29(24-39-42(31)5)18-17-27-13-11-14-28-23-32(45(37(47)34(27)28)30-15-9-8-10-16-30)25(3)40-36(46)33-26(4)41-44-21-12-20-38-35(33)44/h8-16,20-21,23-25H,6-7,19,22H2,1-5H3,(H,40,46). The monoisotopic (exact) mass is 626 g/mol. The molecule has 6 aromatic rings. The largest absolute Gasteiger partial charge is 0.344 e. The Kier molecular flexibility index (Phi) is 9.00. The first-order valence-electron chi connectivity index (χ1n) is 15.9. The molecule has 2 aromatic carbocycles. The molecule has 0 saturated heterocycles. The number of hydrogen-bond acceptors (Lipinski definition) is 6. The van der Waals surface area contributed by atoms with E-state index in [0.717, 1.165) is 42.7 Å². The van der Waals surface area contributed by atoms with Crippen molar-refractivity contribution < 1.29 is 4.79 Å². The zero-order valence-corrected chi connectivity index (χ0v) is 27.4. The number of aryl methyl sites for hydroxylation is 2. The highest BCUT2D eigenvalue weighted by Gasteiger charge is 2.23. The summed E-state index contributed by atoms with van der Waals surface area (Å²) < 4.78 is 5.14. The van der Waals surface area contributed by atoms with Gasteiger partial charge in [-0.3, -0.25) is 18.8 Å². The van der Waals surface area contributed by atoms with Gasteiger partial charge in [-0.15, -0.1) is 0 Å². The van der Waals surface area contributed by atoms with Gasteiger partial charge in [0.25, 0.3) is 11.5 Å². The van der Waals surface area contributed by atoms with E-state index in [4.69, 9.17) is 0 Å². The fourth-order valence-corrected chi connectivity index (χ4v) is 6.06. The van der Waals surface area contributed by atoms with E-state index in [9.17, 15) is 9.59 Å². The second-order valence-electron chi connectivity index (χ2n) is 11.5. The number of aromatic nitrogens is 6. The van der Waals surface area contributed by atoms with E-state index >= 15 is 0 Å². The quantitative estimate of drug-likeness (QED) is 0.230. The first-order valence-corrected chi connectivity index (χ1v) is 15.9. The molecule has 0 aliphatic rings. The Balaban J connectivity index is 1.42. The van der Waals surface area contributed by atoms with E-state index in [1.54, 1.807) is 40.7 Å². The molecule has 10 heteroatoms. The fraction of sp³-hybridized carbons (Fsp3) is 0.270. The minimum absolute atomic E-state index is 0.212. The van der Waals surface area contributed by atoms with Gasteiger partial charge in [-0.05, 0) is 62.7 Å². The second-order valence-corrected chi connectivity index (χ2v) is 11.5. The summed E-state index contributed by atoms with van der Waals surface area (Å²) in [4.78, 5) is 34.8. The highest BCUT2D eigenvalue weighted by Crippen LogP contribution is 2.24. The lowest BCUT2D eigenvalue weighted by atomic mass is 10.0. The van der Waals surface area contributed by atoms with Crippen molar-refractivity contribution in [1.82, 2.24) is 39.2 Å². The van der Waals surface area contributed by atoms with Crippen LogP contribution in [0.3, 0.4) is 0 Å². The van der Waals surface area contributed by atoms with Crippen LogP contribution < -0.4 is 10.9 Å². The number of rotatable bonds is 9. The average Bonchev–Trinajstić information content (AvgIpc) is 3.61. The van der Waals surface area contributed by atoms with Crippen LogP contribution in [0.4, 0.5) is 0 Å². The van der Waals surface area contributed by atoms with Gasteiger partial charge in [-0.1, -0.05) is 56.0 Å². The molecule has 1 atom stereocenters. The lowest BCUT2D eigenvalue weighted by molar-refractivity contribution is 0.0939. The number of pyridine rings is 1. The number of nitrogens with one attached hydrogen (secondary N) is 1. The predicted molar refractivity (Wildman–Crippen MR) is 184 cm³/mol. The number of hydrogen-bond donors (Lipinski definition) is 1. The van der Waals surface area contributed by atoms with Crippen molar-refractivity contribution in [2.24, 2.45) is 7.05 Å². The summed E-state index contributed by atoms with van der Waals surface area (Å²) in [5, 5.41) is 13.3. The molecule has 0 fully saturated rings. The van der Waals surface area contributed by atoms with Gasteiger partial charge in [0.1, 0.15) is 5.56 Å². The van der Waals surface area contributed by atoms with Crippen LogP contribution in [-0.4, -0.2) is 59.4 Å². The third-order valence-corrected chi connectivity index (χ3v) is 8.63. The molecule has 4 aromatic heterocycles. The molecule has 0 saturated carbocycles. The Labute approximate surface area is 273 Å². The summed E-state index contributed by atoms with van der Waals surface area (Å²) in [5.41, 5.74) is 5.11. The number of likely N-dealkylation sites (N-methyl/N-ethyl adjacent to an activating group) is 1. The Morgan fingerprint density at radius 3 is 2.55 bits per heavy atom. The highest BCUT2D eigenvalue weighted by molar-refractivity contribution is 6.01. The van der Waals surface area contributed by atoms with Gasteiger partial charge in [0.15, 0.2) is 5.65 Å². The van der Waals surface area contributed by atoms with Crippen molar-refractivity contribution in [3.05, 3.63) is 123 Å². The lowest BCUT2D eigenvalue weighted by Gasteiger charge is -2.21. The maximum atomic E-state index is 14.5. The van der Waals surface area contributed by atoms with Crippen molar-refractivity contribution in [2.45, 2.75) is 40.2 Å². The maximum Gasteiger partial charge on any atom is 0.264 e. The molecule has 0 bridgehead atoms. The molecule has 0 aliphatic heterocycles. The SMILES string of the molecule is CCN(CC)CCc1c(C#Cc2cccc3cc(C(C)NC(=O)c4c(C)nn5cccnc45)n(-c4ccccc4)c(=O)c23)cnn1C. The van der Waals surface area contributed by atoms with Gasteiger partial charge in [0, 0.05) is 49.4 Å². The van der Waals surface area contributed by atoms with Gasteiger partial charge in [0.2, 0.25) is 0 Å². The van der Waals surface area contributed by atoms with Crippen LogP contribution in [0.1, 0.15) is 65.4 Å². The van der Waals surface area contributed by atoms with E-state index in [2.05, 4.69) is 51.1 Å². The number of benzene rings is 2. The van der Waals surface area contributed by atoms with Gasteiger partial charge >= 0.3 is 0 Å². The number of nitrogens with zero attached hydrogens (tertiary/aromatic N) is 7. The van der Waals surface area contributed by atoms with Crippen LogP contribution in [0, 0.1) is 18.8 Å². The van der Waals surface area contributed by atoms with Crippen LogP contribution in [0.5, 0.6) is 0 Å². The fourth-order valence-electron chi connectivity index (χ4n) is 6.06. The Bertz CT molecular complexity index is 2200. The molecule has 10 nitrogen and oxygen atoms in total. The first-order chi connectivity index (χ1) is 22.8. The first kappa shape index (κ1) is 31.5. The van der Waals surface area contributed by atoms with Crippen molar-refractivity contribution in [2.75, 3.05) is 19.6 Å². The molecule has 1 amide bonds. The van der Waals surface area contributed by atoms with Crippen LogP contribution >= 0.6 is 0 Å². The van der Waals surface area contributed by atoms with Crippen LogP contribution in [-0.2, 0) is 13.5 Å². The van der Waals surface area contributed by atoms with E-state index in [-0.39, 0.29) is 11.5 Å². The van der Waals surface area contributed by atoms with Crippen LogP contribution in [0.2, 0.25) is 0 Å². The lowest BCUT2D eigenvalue weighted by Crippen LogP contribution is -2.32. The van der Waals surface area contributed by atoms with Gasteiger partial charge in [-0.2, -0.15) is 10.2 Å². The minimum atomic E-state index is -0.531. The second kappa shape index (κ2) is 13.4. The minimum Gasteiger partial charge on any atom is -0.344 e. The smallest absolute Gasteiger partial charge is 0.264 e. The molecule has 1 unspecified atom stereocenters. The summed E-state index contributed by atoms with van der Waals surface area (Å²) >= 11 is 0. The highest BCUT2D eigenvalue weighted by atomic mass is 16.2. The molecular formula is C37H38N8O2. The Morgan fingerprint density at radius 2 is 1.79 bits per heavy atom. The zero-order chi connectivity index (χ0) is 33.1. The Hall–Kier alpha value is -5.53. The van der Waals surface area contributed by atoms with E-state index in [1.165, 1.54) is 0 Å². The third-order valence-electron chi connectivity index (χ3n) is 8.63. The summed E-state index contributed by atoms with van der Waals surface area (Å²) in [6, 6.07) is 18.3. The summed E-state index contributed by atoms with van der Waals surface area (Å²) in [7, 11) is 1.94. The molecule has 238 valence electrons. The summed E-state index contributed by atoms with van der Waals surface area (Å²) in [6.07, 6.45) is 6.01. The number of amides is 1. The Morgan fingerprint density at radius 1 is 1.02 bits per heavy atom. The van der Waals surface area contributed by atoms with Crippen molar-refractivity contribution in [3.63, 3.8) is 0 Å². The van der Waals surface area contributed by atoms with Crippen LogP contribution in [0.15, 0.2) is 84.0 Å². The molecule has 0 spiro atoms. The molecule has 47 heavy (non-hydrogen) atoms. The van der Waals surface area contributed by atoms with Crippen molar-refractivity contribution in [1.29, 1.82) is 0 Å². The van der Waals surface area contributed by atoms with Gasteiger partial charge < -0.3 is 10.2 Å². The number of para-hydroxylation sites is 1. The third kappa shape index (κ3) is 6.18. The van der Waals surface area contributed by atoms with Gasteiger partial charge in [0.05, 0.1) is 34.6 Å². The number of carbonyl (C=O) groups is 1. The zero-order valence-electron chi connectivity index (χ0n) is 27.4. The normalized spacial score (nSPS) is 12.0. The van der Waals surface area contributed by atoms with E-state index in [1.807, 2.05) is 73.3 Å². The van der Waals surface area contributed by atoms with E-state index in [0.29, 0.717) is 39.2 Å². The molecule has 1 N–H and O–H groups in total. The maximum absolute atomic E-state index is 14.5. The molecular weight excluding hydrogens is 588 g/mol. The van der Waals surface area contributed by atoms with Crippen molar-refractivity contribution >= 4 is 22.3 Å². The van der Waals surface area contributed by atoms with Gasteiger partial charge in [-0.25, -0.2) is 9.50 Å². The predicted octanol–water partition coefficient (Wildman–Crippen LogP) is 4.85. The molecule has 0 radical (unpaired) electrons. The van der Waals surface area contributed by atoms with Crippen molar-refractivity contribution in [3.8, 4) is 17.5 Å². The van der Waals surface area contributed by atoms with E-state index < -0.39 is 6.04 Å². The number of carbonyl (C=O) groups excluding carboxylic acids is 1. The topological polar surface area (TPSA) is 102 Å². The average molecular weight is 627 g/mol. The molecule has 6 rings (SSSR count). The van der Waals surface area contributed by atoms with Crippen LogP contribution in [0.25, 0.3) is 22.1 Å². The summed E-state index contributed by atoms with van der Waals surface area (Å²) in [5.74, 6) is 6.30. The molecule has 0 aliphatic carbocycles. The molecule has 4 heterocycles.